The Morgan fingerprint density at radius 1 is 1.27 bits per heavy atom. The van der Waals surface area contributed by atoms with Gasteiger partial charge in [-0.15, -0.1) is 0 Å². The van der Waals surface area contributed by atoms with E-state index >= 15 is 0 Å². The number of fused-ring (bicyclic) bond motifs is 1. The van der Waals surface area contributed by atoms with Crippen LogP contribution >= 0.6 is 0 Å². The maximum absolute atomic E-state index is 12.9. The molecule has 26 heavy (non-hydrogen) atoms. The third-order valence-corrected chi connectivity index (χ3v) is 4.99. The molecule has 0 aliphatic carbocycles. The van der Waals surface area contributed by atoms with Crippen LogP contribution in [0.15, 0.2) is 28.7 Å². The summed E-state index contributed by atoms with van der Waals surface area (Å²) >= 11 is 0. The van der Waals surface area contributed by atoms with Crippen molar-refractivity contribution in [3.63, 3.8) is 0 Å². The molecule has 0 N–H and O–H groups in total. The molecule has 4 rings (SSSR count). The zero-order valence-corrected chi connectivity index (χ0v) is 15.7. The van der Waals surface area contributed by atoms with Crippen LogP contribution in [0, 0.1) is 13.8 Å². The number of aromatic nitrogens is 3. The quantitative estimate of drug-likeness (QED) is 0.718. The number of carbonyl (C=O) groups is 1. The number of aryl methyl sites for hydroxylation is 2. The molecular formula is C20H24N4O2. The van der Waals surface area contributed by atoms with Gasteiger partial charge in [-0.1, -0.05) is 13.8 Å². The first-order valence-electron chi connectivity index (χ1n) is 9.15. The second-order valence-electron chi connectivity index (χ2n) is 7.45. The Morgan fingerprint density at radius 3 is 2.77 bits per heavy atom. The fourth-order valence-electron chi connectivity index (χ4n) is 3.65. The van der Waals surface area contributed by atoms with Crippen LogP contribution in [0.4, 0.5) is 0 Å². The standard InChI is InChI=1S/C20H24N4O2/c1-12(2)19-21-17-10-15(5-6-18(17)26-19)20(25)23-8-7-16(11-23)24-14(4)9-13(3)22-24/h5-6,9-10,12,16H,7-8,11H2,1-4H3. The summed E-state index contributed by atoms with van der Waals surface area (Å²) in [7, 11) is 0. The Kier molecular flexibility index (Phi) is 4.05. The summed E-state index contributed by atoms with van der Waals surface area (Å²) in [6.45, 7) is 9.58. The highest BCUT2D eigenvalue weighted by molar-refractivity contribution is 5.97. The number of carbonyl (C=O) groups excluding carboxylic acids is 1. The fraction of sp³-hybridized carbons (Fsp3) is 0.450. The Balaban J connectivity index is 1.54. The molecule has 1 aliphatic rings. The van der Waals surface area contributed by atoms with Gasteiger partial charge in [-0.2, -0.15) is 5.10 Å². The van der Waals surface area contributed by atoms with Crippen LogP contribution in [0.2, 0.25) is 0 Å². The van der Waals surface area contributed by atoms with Crippen LogP contribution in [0.25, 0.3) is 11.1 Å². The lowest BCUT2D eigenvalue weighted by molar-refractivity contribution is 0.0787. The summed E-state index contributed by atoms with van der Waals surface area (Å²) < 4.78 is 7.79. The number of likely N-dealkylation sites (tertiary alicyclic amines) is 1. The van der Waals surface area contributed by atoms with E-state index in [1.807, 2.05) is 43.9 Å². The first-order valence-corrected chi connectivity index (χ1v) is 9.15. The summed E-state index contributed by atoms with van der Waals surface area (Å²) in [6.07, 6.45) is 0.928. The summed E-state index contributed by atoms with van der Waals surface area (Å²) in [4.78, 5) is 19.4. The minimum absolute atomic E-state index is 0.0463. The maximum atomic E-state index is 12.9. The van der Waals surface area contributed by atoms with E-state index < -0.39 is 0 Å². The fourth-order valence-corrected chi connectivity index (χ4v) is 3.65. The molecule has 1 saturated heterocycles. The minimum Gasteiger partial charge on any atom is -0.440 e. The highest BCUT2D eigenvalue weighted by Gasteiger charge is 2.29. The summed E-state index contributed by atoms with van der Waals surface area (Å²) in [6, 6.07) is 7.84. The lowest BCUT2D eigenvalue weighted by Gasteiger charge is -2.17. The molecule has 1 aromatic carbocycles. The molecule has 1 atom stereocenters. The van der Waals surface area contributed by atoms with Crippen molar-refractivity contribution in [2.45, 2.75) is 46.1 Å². The van der Waals surface area contributed by atoms with Crippen molar-refractivity contribution in [2.24, 2.45) is 0 Å². The highest BCUT2D eigenvalue weighted by Crippen LogP contribution is 2.26. The molecule has 1 fully saturated rings. The number of hydrogen-bond acceptors (Lipinski definition) is 4. The van der Waals surface area contributed by atoms with E-state index in [1.165, 1.54) is 0 Å². The number of hydrogen-bond donors (Lipinski definition) is 0. The van der Waals surface area contributed by atoms with Gasteiger partial charge in [0.2, 0.25) is 0 Å². The Morgan fingerprint density at radius 2 is 2.08 bits per heavy atom. The Hall–Kier alpha value is -2.63. The van der Waals surface area contributed by atoms with Crippen molar-refractivity contribution in [1.82, 2.24) is 19.7 Å². The second-order valence-corrected chi connectivity index (χ2v) is 7.45. The summed E-state index contributed by atoms with van der Waals surface area (Å²) in [5.74, 6) is 0.974. The van der Waals surface area contributed by atoms with Crippen molar-refractivity contribution in [1.29, 1.82) is 0 Å². The van der Waals surface area contributed by atoms with Gasteiger partial charge in [0.1, 0.15) is 5.52 Å². The van der Waals surface area contributed by atoms with E-state index in [2.05, 4.69) is 27.8 Å². The lowest BCUT2D eigenvalue weighted by Crippen LogP contribution is -2.29. The smallest absolute Gasteiger partial charge is 0.254 e. The lowest BCUT2D eigenvalue weighted by atomic mass is 10.2. The Bertz CT molecular complexity index is 970. The third kappa shape index (κ3) is 2.89. The molecule has 0 radical (unpaired) electrons. The van der Waals surface area contributed by atoms with Gasteiger partial charge in [0.15, 0.2) is 11.5 Å². The molecule has 3 aromatic rings. The van der Waals surface area contributed by atoms with E-state index in [0.717, 1.165) is 35.5 Å². The van der Waals surface area contributed by atoms with Gasteiger partial charge in [-0.3, -0.25) is 9.48 Å². The monoisotopic (exact) mass is 352 g/mol. The van der Waals surface area contributed by atoms with Crippen LogP contribution in [0.1, 0.15) is 59.9 Å². The molecule has 1 amide bonds. The van der Waals surface area contributed by atoms with Crippen LogP contribution < -0.4 is 0 Å². The average molecular weight is 352 g/mol. The van der Waals surface area contributed by atoms with Gasteiger partial charge in [-0.05, 0) is 44.5 Å². The zero-order valence-electron chi connectivity index (χ0n) is 15.7. The van der Waals surface area contributed by atoms with Crippen molar-refractivity contribution in [3.8, 4) is 0 Å². The van der Waals surface area contributed by atoms with Crippen molar-refractivity contribution in [3.05, 3.63) is 47.1 Å². The molecule has 3 heterocycles. The van der Waals surface area contributed by atoms with Gasteiger partial charge >= 0.3 is 0 Å². The molecule has 1 unspecified atom stereocenters. The van der Waals surface area contributed by atoms with E-state index in [0.29, 0.717) is 18.0 Å². The van der Waals surface area contributed by atoms with Gasteiger partial charge in [0.25, 0.3) is 5.91 Å². The van der Waals surface area contributed by atoms with E-state index in [1.54, 1.807) is 0 Å². The van der Waals surface area contributed by atoms with Gasteiger partial charge in [0, 0.05) is 30.3 Å². The molecule has 6 heteroatoms. The van der Waals surface area contributed by atoms with Crippen LogP contribution in [-0.4, -0.2) is 38.7 Å². The van der Waals surface area contributed by atoms with Gasteiger partial charge in [0.05, 0.1) is 11.7 Å². The molecule has 6 nitrogen and oxygen atoms in total. The van der Waals surface area contributed by atoms with Crippen molar-refractivity contribution < 1.29 is 9.21 Å². The van der Waals surface area contributed by atoms with E-state index in [-0.39, 0.29) is 17.9 Å². The van der Waals surface area contributed by atoms with Gasteiger partial charge in [-0.25, -0.2) is 4.98 Å². The number of amides is 1. The second kappa shape index (κ2) is 6.27. The summed E-state index contributed by atoms with van der Waals surface area (Å²) in [5, 5.41) is 4.58. The number of benzene rings is 1. The van der Waals surface area contributed by atoms with Crippen molar-refractivity contribution >= 4 is 17.0 Å². The molecule has 0 saturated carbocycles. The molecule has 0 bridgehead atoms. The third-order valence-electron chi connectivity index (χ3n) is 4.99. The molecular weight excluding hydrogens is 328 g/mol. The molecule has 136 valence electrons. The van der Waals surface area contributed by atoms with Crippen molar-refractivity contribution in [2.75, 3.05) is 13.1 Å². The largest absolute Gasteiger partial charge is 0.440 e. The molecule has 2 aromatic heterocycles. The zero-order chi connectivity index (χ0) is 18.4. The van der Waals surface area contributed by atoms with E-state index in [4.69, 9.17) is 4.42 Å². The predicted molar refractivity (Wildman–Crippen MR) is 99.4 cm³/mol. The number of nitrogens with zero attached hydrogens (tertiary/aromatic N) is 4. The summed E-state index contributed by atoms with van der Waals surface area (Å²) in [5.41, 5.74) is 4.30. The van der Waals surface area contributed by atoms with Gasteiger partial charge < -0.3 is 9.32 Å². The molecule has 1 aliphatic heterocycles. The first-order chi connectivity index (χ1) is 12.4. The predicted octanol–water partition coefficient (Wildman–Crippen LogP) is 3.85. The molecule has 0 spiro atoms. The SMILES string of the molecule is Cc1cc(C)n(C2CCN(C(=O)c3ccc4oc(C(C)C)nc4c3)C2)n1. The first kappa shape index (κ1) is 16.8. The topological polar surface area (TPSA) is 64.2 Å². The van der Waals surface area contributed by atoms with Crippen LogP contribution in [0.3, 0.4) is 0 Å². The maximum Gasteiger partial charge on any atom is 0.254 e. The normalized spacial score (nSPS) is 17.6. The Labute approximate surface area is 152 Å². The average Bonchev–Trinajstić information content (AvgIpc) is 3.31. The highest BCUT2D eigenvalue weighted by atomic mass is 16.3. The number of oxazole rings is 1. The van der Waals surface area contributed by atoms with Crippen LogP contribution in [0.5, 0.6) is 0 Å². The number of rotatable bonds is 3. The van der Waals surface area contributed by atoms with Crippen LogP contribution in [-0.2, 0) is 0 Å². The van der Waals surface area contributed by atoms with E-state index in [9.17, 15) is 4.79 Å². The minimum atomic E-state index is 0.0463.